The number of carbonyl (C=O) groups is 6. The molecule has 4 heterocycles. The molecular weight excluding hydrogens is 1510 g/mol. The Morgan fingerprint density at radius 1 is 0.525 bits per heavy atom. The molecular formula is C74H85Cl2N6O17Tc2+. The van der Waals surface area contributed by atoms with Crippen LogP contribution in [0.25, 0.3) is 21.8 Å². The molecule has 2 radical (unpaired) electrons. The number of halogens is 2. The number of carboxylic acid groups (broad SMARTS) is 1. The van der Waals surface area contributed by atoms with Crippen LogP contribution in [0, 0.1) is 47.6 Å². The molecule has 0 unspecified atom stereocenters. The average Bonchev–Trinajstić information content (AvgIpc) is 1.62. The summed E-state index contributed by atoms with van der Waals surface area (Å²) < 4.78 is 30.9. The fourth-order valence-electron chi connectivity index (χ4n) is 10.7. The zero-order chi connectivity index (χ0) is 72.0. The van der Waals surface area contributed by atoms with E-state index in [2.05, 4.69) is 67.3 Å². The third-order valence-corrected chi connectivity index (χ3v) is 15.6. The van der Waals surface area contributed by atoms with E-state index in [-0.39, 0.29) is 93.3 Å². The molecule has 0 aliphatic rings. The minimum Gasteiger partial charge on any atom is -0.545 e. The number of ketones is 2. The number of Topliss-reactive ketones (excluding diaryl/α,β-unsaturated/α-hetero) is 2. The third-order valence-electron chi connectivity index (χ3n) is 15.1. The van der Waals surface area contributed by atoms with Gasteiger partial charge in [-0.15, -0.1) is 0 Å². The Hall–Kier alpha value is -8.21. The quantitative estimate of drug-likeness (QED) is 0.0139. The van der Waals surface area contributed by atoms with Crippen LogP contribution in [0.5, 0.6) is 0 Å². The second kappa shape index (κ2) is 59.5. The Morgan fingerprint density at radius 3 is 1.22 bits per heavy atom. The number of aromatic nitrogens is 4. The Balaban J connectivity index is -0.000000508. The normalized spacial score (nSPS) is 9.56. The van der Waals surface area contributed by atoms with Crippen molar-refractivity contribution in [2.24, 2.45) is 0 Å². The first kappa shape index (κ1) is 101. The van der Waals surface area contributed by atoms with Crippen molar-refractivity contribution in [1.82, 2.24) is 28.9 Å². The molecule has 0 saturated heterocycles. The zero-order valence-corrected chi connectivity index (χ0v) is 61.8. The Kier molecular flexibility index (Phi) is 59.7. The van der Waals surface area contributed by atoms with E-state index in [9.17, 15) is 33.9 Å². The summed E-state index contributed by atoms with van der Waals surface area (Å²) in [5, 5.41) is 12.3. The number of rotatable bonds is 31. The van der Waals surface area contributed by atoms with Gasteiger partial charge in [0, 0.05) is 121 Å². The van der Waals surface area contributed by atoms with Crippen LogP contribution in [0.3, 0.4) is 0 Å². The first-order valence-corrected chi connectivity index (χ1v) is 31.0. The van der Waals surface area contributed by atoms with Crippen LogP contribution in [0.2, 0.25) is 10.0 Å². The Bertz CT molecular complexity index is 3720. The molecule has 540 valence electrons. The first-order chi connectivity index (χ1) is 46.6. The minimum absolute atomic E-state index is 0. The largest absolute Gasteiger partial charge is 4.00 e. The number of nitrogens with zero attached hydrogens (tertiary/aromatic N) is 6. The fourth-order valence-corrected chi connectivity index (χ4v) is 11.0. The molecule has 4 aromatic heterocycles. The summed E-state index contributed by atoms with van der Waals surface area (Å²) >= 11 is 12.0. The van der Waals surface area contributed by atoms with Crippen LogP contribution in [0.4, 0.5) is 0 Å². The monoisotopic (exact) mass is 1600 g/mol. The van der Waals surface area contributed by atoms with Gasteiger partial charge in [0.25, 0.3) is 18.3 Å². The number of unbranched alkanes of at least 4 members (excludes halogenated alkanes) is 8. The first-order valence-electron chi connectivity index (χ1n) is 30.3. The maximum Gasteiger partial charge on any atom is 4.00 e. The minimum atomic E-state index is -0.840. The standard InChI is InChI=1S/2C34H38ClN3O4.3CHO.3CO.3H2O.2Tc/c1-25-12-17-33-32(20-25)31(26(2)38(33)34(41)27-13-15-28(35)16-14-27)21-30(40)11-6-4-3-5-9-19-37(23-42-24-39)22-29-10-7-8-18-36-29;1-24-12-17-32-31(20-24)30(25(2)38(32)34(42)26-13-15-27(35)16-14-26)21-29(39)11-6-4-3-5-9-19-37(23-33(40)41)22-28-10-7-8-18-36-28;6*1-2;;;;;/h7-8,10,12-18,20,24H,3-6,9,11,19,21-23H2,1-2H3;7-8,10,12-18,20H,3-6,9,11,19,21-23H2,1-2H3,(H,40,41);3*1H;;;;3*1H2;;/q;;3*-1;;;;;;;;+4/i;;;;;;;;;;;1+1;. The van der Waals surface area contributed by atoms with Crippen molar-refractivity contribution in [3.8, 4) is 0 Å². The van der Waals surface area contributed by atoms with Gasteiger partial charge in [-0.3, -0.25) is 78.0 Å². The Labute approximate surface area is 626 Å². The van der Waals surface area contributed by atoms with E-state index in [1.807, 2.05) is 93.3 Å². The predicted molar refractivity (Wildman–Crippen MR) is 375 cm³/mol. The van der Waals surface area contributed by atoms with Gasteiger partial charge in [0.15, 0.2) is 0 Å². The van der Waals surface area contributed by atoms with Crippen LogP contribution < -0.4 is 0 Å². The molecule has 0 spiro atoms. The zero-order valence-electron chi connectivity index (χ0n) is 56.6. The van der Waals surface area contributed by atoms with Crippen molar-refractivity contribution in [2.75, 3.05) is 26.4 Å². The number of ether oxygens (including phenoxy) is 1. The smallest absolute Gasteiger partial charge is 0.545 e. The number of hydrogen-bond donors (Lipinski definition) is 1. The molecule has 0 saturated carbocycles. The summed E-state index contributed by atoms with van der Waals surface area (Å²) in [6, 6.07) is 37.2. The van der Waals surface area contributed by atoms with Gasteiger partial charge in [-0.2, -0.15) is 0 Å². The van der Waals surface area contributed by atoms with Crippen molar-refractivity contribution in [2.45, 2.75) is 131 Å². The molecule has 23 nitrogen and oxygen atoms in total. The van der Waals surface area contributed by atoms with E-state index in [0.29, 0.717) is 73.0 Å². The van der Waals surface area contributed by atoms with Crippen LogP contribution in [0.1, 0.15) is 143 Å². The summed E-state index contributed by atoms with van der Waals surface area (Å²) in [5.74, 6) is -0.759. The number of aliphatic carboxylic acids is 1. The van der Waals surface area contributed by atoms with Gasteiger partial charge in [0.2, 0.25) is 0 Å². The molecule has 8 rings (SSSR count). The number of hydrogen-bond acceptors (Lipinski definition) is 14. The molecule has 0 atom stereocenters. The number of carbonyl (C=O) groups excluding carboxylic acids is 8. The van der Waals surface area contributed by atoms with Crippen molar-refractivity contribution < 1.29 is 124 Å². The summed E-state index contributed by atoms with van der Waals surface area (Å²) in [6.07, 6.45) is 14.6. The van der Waals surface area contributed by atoms with Crippen LogP contribution in [-0.4, -0.2) is 133 Å². The van der Waals surface area contributed by atoms with Crippen molar-refractivity contribution in [3.05, 3.63) is 220 Å². The number of benzene rings is 4. The van der Waals surface area contributed by atoms with Gasteiger partial charge in [-0.1, -0.05) is 97.1 Å². The maximum absolute atomic E-state index is 13.5. The van der Waals surface area contributed by atoms with Gasteiger partial charge in [-0.05, 0) is 168 Å². The average molecular weight is 1600 g/mol. The van der Waals surface area contributed by atoms with Crippen LogP contribution in [0.15, 0.2) is 134 Å². The summed E-state index contributed by atoms with van der Waals surface area (Å²) in [5.41, 5.74) is 10.1. The van der Waals surface area contributed by atoms with Gasteiger partial charge in [0.1, 0.15) is 18.3 Å². The molecule has 101 heavy (non-hydrogen) atoms. The topological polar surface area (TPSA) is 379 Å². The number of carboxylic acids is 1. The van der Waals surface area contributed by atoms with Crippen LogP contribution >= 0.6 is 23.2 Å². The third kappa shape index (κ3) is 34.8. The van der Waals surface area contributed by atoms with E-state index in [0.717, 1.165) is 138 Å². The molecule has 0 bridgehead atoms. The van der Waals surface area contributed by atoms with Gasteiger partial charge in [-0.25, -0.2) is 0 Å². The van der Waals surface area contributed by atoms with Gasteiger partial charge in [0.05, 0.1) is 29.0 Å². The van der Waals surface area contributed by atoms with Crippen molar-refractivity contribution >= 4 is 101 Å². The van der Waals surface area contributed by atoms with E-state index in [1.54, 1.807) is 70.1 Å². The molecule has 0 aliphatic carbocycles. The van der Waals surface area contributed by atoms with E-state index in [1.165, 1.54) is 0 Å². The molecule has 0 aliphatic heterocycles. The second-order valence-electron chi connectivity index (χ2n) is 21.6. The van der Waals surface area contributed by atoms with E-state index >= 15 is 0 Å². The van der Waals surface area contributed by atoms with Crippen molar-refractivity contribution in [3.63, 3.8) is 0 Å². The molecule has 4 aromatic carbocycles. The molecule has 0 amide bonds. The van der Waals surface area contributed by atoms with E-state index in [4.69, 9.17) is 56.3 Å². The summed E-state index contributed by atoms with van der Waals surface area (Å²) in [7, 11) is 0. The summed E-state index contributed by atoms with van der Waals surface area (Å²) in [6.45, 7) is 34.5. The SMILES string of the molecule is Cc1ccc2c(c1)c(CC(=O)CCCCCCCN(CC(=O)O)Cc1ccccn1)c(C)n2C(=O)c1ccc(Cl)cc1.Cc1ccc2c(c1)c(CC(=O)CCCCCCCN(COC=O)Cc1ccccn1)c(C)n2C(=O)c1ccc(Cl)cc1.O.O.O.[99Tc].[C-]#[O+].[C-]#[O+].[C-]#[O+].[CH-]=O.[CH-]=O.[CH-]=O.[Tc+4]. The molecule has 27 heteroatoms. The number of fused-ring (bicyclic) bond motifs is 2. The summed E-state index contributed by atoms with van der Waals surface area (Å²) in [4.78, 5) is 111. The molecule has 8 aromatic rings. The number of pyridine rings is 2. The van der Waals surface area contributed by atoms with Gasteiger partial charge < -0.3 is 40.7 Å². The Morgan fingerprint density at radius 2 is 0.871 bits per heavy atom. The number of aryl methyl sites for hydroxylation is 2. The second-order valence-corrected chi connectivity index (χ2v) is 22.5. The van der Waals surface area contributed by atoms with Crippen molar-refractivity contribution in [1.29, 1.82) is 0 Å². The van der Waals surface area contributed by atoms with Gasteiger partial charge >= 0.3 is 60.0 Å². The van der Waals surface area contributed by atoms with E-state index < -0.39 is 5.97 Å². The predicted octanol–water partition coefficient (Wildman–Crippen LogP) is 10.7. The molecule has 0 fully saturated rings. The van der Waals surface area contributed by atoms with Crippen LogP contribution in [-0.2, 0) is 118 Å². The fraction of sp³-hybridized carbons (Fsp3) is 0.324. The molecule has 7 N–H and O–H groups in total. The maximum atomic E-state index is 13.5.